The minimum absolute atomic E-state index is 0.130. The zero-order valence-corrected chi connectivity index (χ0v) is 7.36. The molecule has 0 aliphatic heterocycles. The maximum atomic E-state index is 3.23. The molecule has 3 nitrogen and oxygen atoms in total. The largest absolute Gasteiger partial charge is 0.389 e. The minimum atomic E-state index is -0.130. The van der Waals surface area contributed by atoms with Gasteiger partial charge in [-0.1, -0.05) is 6.08 Å². The van der Waals surface area contributed by atoms with Crippen molar-refractivity contribution < 1.29 is 0 Å². The molecule has 1 rings (SSSR count). The van der Waals surface area contributed by atoms with Crippen LogP contribution in [0.2, 0.25) is 0 Å². The van der Waals surface area contributed by atoms with Gasteiger partial charge in [0, 0.05) is 19.2 Å². The third kappa shape index (κ3) is 1.26. The summed E-state index contributed by atoms with van der Waals surface area (Å²) in [6.07, 6.45) is 5.39. The van der Waals surface area contributed by atoms with Crippen LogP contribution in [0.3, 0.4) is 0 Å². The van der Waals surface area contributed by atoms with Crippen molar-refractivity contribution in [1.82, 2.24) is 16.0 Å². The highest BCUT2D eigenvalue weighted by Gasteiger charge is 2.33. The average molecular weight is 154 g/mol. The summed E-state index contributed by atoms with van der Waals surface area (Å²) in [4.78, 5) is 0. The second-order valence-corrected chi connectivity index (χ2v) is 2.62. The molecule has 0 heterocycles. The van der Waals surface area contributed by atoms with E-state index >= 15 is 0 Å². The summed E-state index contributed by atoms with van der Waals surface area (Å²) in [5, 5.41) is 9.62. The lowest BCUT2D eigenvalue weighted by molar-refractivity contribution is 0.401. The van der Waals surface area contributed by atoms with Gasteiger partial charge in [-0.05, 0) is 20.5 Å². The Kier molecular flexibility index (Phi) is 2.52. The number of rotatable bonds is 3. The van der Waals surface area contributed by atoms with Crippen LogP contribution in [0.4, 0.5) is 0 Å². The summed E-state index contributed by atoms with van der Waals surface area (Å²) < 4.78 is 0. The van der Waals surface area contributed by atoms with E-state index < -0.39 is 0 Å². The normalized spacial score (nSPS) is 21.5. The van der Waals surface area contributed by atoms with Gasteiger partial charge in [-0.15, -0.1) is 0 Å². The molecule has 0 aromatic rings. The molecule has 0 aromatic carbocycles. The van der Waals surface area contributed by atoms with Crippen LogP contribution in [0.25, 0.3) is 0 Å². The van der Waals surface area contributed by atoms with Gasteiger partial charge in [0.15, 0.2) is 0 Å². The van der Waals surface area contributed by atoms with Gasteiger partial charge in [0.2, 0.25) is 0 Å². The molecule has 0 amide bonds. The minimum Gasteiger partial charge on any atom is -0.389 e. The van der Waals surface area contributed by atoms with Crippen molar-refractivity contribution >= 4 is 0 Å². The van der Waals surface area contributed by atoms with E-state index in [1.54, 1.807) is 0 Å². The Morgan fingerprint density at radius 3 is 2.27 bits per heavy atom. The third-order valence-corrected chi connectivity index (χ3v) is 2.23. The SMILES string of the molecule is CNC1=CC[CH]C1(NC)NC. The van der Waals surface area contributed by atoms with Crippen LogP contribution in [0.15, 0.2) is 11.8 Å². The molecule has 1 aliphatic rings. The van der Waals surface area contributed by atoms with Gasteiger partial charge in [-0.2, -0.15) is 0 Å². The molecule has 0 bridgehead atoms. The molecule has 0 spiro atoms. The first kappa shape index (κ1) is 8.56. The Labute approximate surface area is 68.2 Å². The lowest BCUT2D eigenvalue weighted by Crippen LogP contribution is -2.56. The highest BCUT2D eigenvalue weighted by atomic mass is 15.2. The Morgan fingerprint density at radius 2 is 1.91 bits per heavy atom. The summed E-state index contributed by atoms with van der Waals surface area (Å²) in [5.74, 6) is 0. The summed E-state index contributed by atoms with van der Waals surface area (Å²) in [5.41, 5.74) is 1.07. The maximum Gasteiger partial charge on any atom is 0.113 e. The van der Waals surface area contributed by atoms with E-state index in [9.17, 15) is 0 Å². The number of allylic oxidation sites excluding steroid dienone is 1. The molecule has 3 N–H and O–H groups in total. The van der Waals surface area contributed by atoms with Crippen LogP contribution >= 0.6 is 0 Å². The lowest BCUT2D eigenvalue weighted by Gasteiger charge is -2.31. The zero-order chi connectivity index (χ0) is 8.32. The molecule has 0 unspecified atom stereocenters. The van der Waals surface area contributed by atoms with E-state index in [1.165, 1.54) is 5.70 Å². The monoisotopic (exact) mass is 154 g/mol. The molecule has 0 fully saturated rings. The van der Waals surface area contributed by atoms with Gasteiger partial charge in [0.05, 0.1) is 0 Å². The number of hydrogen-bond donors (Lipinski definition) is 3. The topological polar surface area (TPSA) is 36.1 Å². The van der Waals surface area contributed by atoms with Gasteiger partial charge >= 0.3 is 0 Å². The predicted molar refractivity (Wildman–Crippen MR) is 46.9 cm³/mol. The molecular formula is C8H16N3. The Morgan fingerprint density at radius 1 is 1.27 bits per heavy atom. The zero-order valence-electron chi connectivity index (χ0n) is 7.36. The Bertz CT molecular complexity index is 159. The molecule has 1 radical (unpaired) electrons. The second-order valence-electron chi connectivity index (χ2n) is 2.62. The van der Waals surface area contributed by atoms with Crippen molar-refractivity contribution in [3.05, 3.63) is 18.2 Å². The van der Waals surface area contributed by atoms with E-state index in [1.807, 2.05) is 21.1 Å². The Hall–Kier alpha value is -0.540. The maximum absolute atomic E-state index is 3.23. The van der Waals surface area contributed by atoms with Crippen LogP contribution in [-0.4, -0.2) is 26.8 Å². The Balaban J connectivity index is 2.75. The summed E-state index contributed by atoms with van der Waals surface area (Å²) in [6.45, 7) is 0. The van der Waals surface area contributed by atoms with Crippen molar-refractivity contribution in [2.24, 2.45) is 0 Å². The third-order valence-electron chi connectivity index (χ3n) is 2.23. The lowest BCUT2D eigenvalue weighted by atomic mass is 10.1. The fourth-order valence-corrected chi connectivity index (χ4v) is 1.52. The fourth-order valence-electron chi connectivity index (χ4n) is 1.52. The predicted octanol–water partition coefficient (Wildman–Crippen LogP) is -0.167. The molecule has 0 saturated carbocycles. The van der Waals surface area contributed by atoms with Crippen molar-refractivity contribution in [3.63, 3.8) is 0 Å². The quantitative estimate of drug-likeness (QED) is 0.494. The number of nitrogens with one attached hydrogen (secondary N) is 3. The van der Waals surface area contributed by atoms with Crippen LogP contribution in [0.5, 0.6) is 0 Å². The van der Waals surface area contributed by atoms with E-state index in [-0.39, 0.29) is 5.66 Å². The van der Waals surface area contributed by atoms with Crippen molar-refractivity contribution in [2.45, 2.75) is 12.1 Å². The summed E-state index contributed by atoms with van der Waals surface area (Å²) in [7, 11) is 5.83. The average Bonchev–Trinajstić information content (AvgIpc) is 2.47. The fraction of sp³-hybridized carbons (Fsp3) is 0.625. The molecule has 0 saturated heterocycles. The standard InChI is InChI=1S/C8H16N3/c1-9-7-5-4-6-8(7,10-2)11-3/h5-6,9-11H,4H2,1-3H3. The summed E-state index contributed by atoms with van der Waals surface area (Å²) in [6, 6.07) is 0. The van der Waals surface area contributed by atoms with Gasteiger partial charge < -0.3 is 5.32 Å². The molecular weight excluding hydrogens is 138 g/mol. The highest BCUT2D eigenvalue weighted by Crippen LogP contribution is 2.23. The molecule has 11 heavy (non-hydrogen) atoms. The highest BCUT2D eigenvalue weighted by molar-refractivity contribution is 5.29. The van der Waals surface area contributed by atoms with Crippen molar-refractivity contribution in [2.75, 3.05) is 21.1 Å². The molecule has 1 aliphatic carbocycles. The van der Waals surface area contributed by atoms with E-state index in [2.05, 4.69) is 28.4 Å². The van der Waals surface area contributed by atoms with Crippen LogP contribution in [0.1, 0.15) is 6.42 Å². The molecule has 0 aromatic heterocycles. The number of likely N-dealkylation sites (N-methyl/N-ethyl adjacent to an activating group) is 3. The van der Waals surface area contributed by atoms with Gasteiger partial charge in [-0.25, -0.2) is 0 Å². The summed E-state index contributed by atoms with van der Waals surface area (Å²) >= 11 is 0. The van der Waals surface area contributed by atoms with Gasteiger partial charge in [0.1, 0.15) is 5.66 Å². The van der Waals surface area contributed by atoms with Crippen molar-refractivity contribution in [3.8, 4) is 0 Å². The smallest absolute Gasteiger partial charge is 0.113 e. The second kappa shape index (κ2) is 3.24. The first-order valence-electron chi connectivity index (χ1n) is 3.89. The van der Waals surface area contributed by atoms with Crippen LogP contribution < -0.4 is 16.0 Å². The first-order valence-corrected chi connectivity index (χ1v) is 3.89. The molecule has 3 heteroatoms. The van der Waals surface area contributed by atoms with Crippen LogP contribution in [-0.2, 0) is 0 Å². The van der Waals surface area contributed by atoms with E-state index in [4.69, 9.17) is 0 Å². The van der Waals surface area contributed by atoms with E-state index in [0.717, 1.165) is 6.42 Å². The molecule has 0 atom stereocenters. The van der Waals surface area contributed by atoms with E-state index in [0.29, 0.717) is 0 Å². The van der Waals surface area contributed by atoms with Gasteiger partial charge in [0.25, 0.3) is 0 Å². The number of hydrogen-bond acceptors (Lipinski definition) is 3. The van der Waals surface area contributed by atoms with Crippen molar-refractivity contribution in [1.29, 1.82) is 0 Å². The first-order chi connectivity index (χ1) is 5.29. The van der Waals surface area contributed by atoms with Crippen LogP contribution in [0, 0.1) is 6.42 Å². The van der Waals surface area contributed by atoms with Gasteiger partial charge in [-0.3, -0.25) is 10.6 Å². The molecule has 63 valence electrons.